The van der Waals surface area contributed by atoms with Crippen LogP contribution >= 0.6 is 0 Å². The molecule has 1 nitrogen and oxygen atoms in total. The zero-order valence-electron chi connectivity index (χ0n) is 11.1. The van der Waals surface area contributed by atoms with Crippen LogP contribution < -0.4 is 0 Å². The van der Waals surface area contributed by atoms with Gasteiger partial charge in [0.25, 0.3) is 5.83 Å². The van der Waals surface area contributed by atoms with Crippen LogP contribution in [0.1, 0.15) is 6.92 Å². The first-order valence-electron chi connectivity index (χ1n) is 5.24. The normalized spacial score (nSPS) is 15.4. The summed E-state index contributed by atoms with van der Waals surface area (Å²) in [4.78, 5) is 0. The molecule has 0 aromatic carbocycles. The van der Waals surface area contributed by atoms with Crippen molar-refractivity contribution in [3.8, 4) is 0 Å². The molecule has 0 aromatic heterocycles. The summed E-state index contributed by atoms with van der Waals surface area (Å²) >= 11 is 0. The van der Waals surface area contributed by atoms with Crippen molar-refractivity contribution in [2.45, 2.75) is 42.8 Å². The van der Waals surface area contributed by atoms with Crippen LogP contribution in [0.3, 0.4) is 0 Å². The highest BCUT2D eigenvalue weighted by Crippen LogP contribution is 2.58. The lowest BCUT2D eigenvalue weighted by Gasteiger charge is -2.44. The molecule has 0 unspecified atom stereocenters. The minimum absolute atomic E-state index is 1.48. The number of halogens is 15. The number of hydrogen-bond acceptors (Lipinski definition) is 1. The Morgan fingerprint density at radius 3 is 1.08 bits per heavy atom. The van der Waals surface area contributed by atoms with Crippen LogP contribution in [0.4, 0.5) is 65.9 Å². The Morgan fingerprint density at radius 1 is 0.600 bits per heavy atom. The van der Waals surface area contributed by atoms with E-state index < -0.39 is 54.7 Å². The Balaban J connectivity index is 6.67. The monoisotopic (exact) mass is 412 g/mol. The highest BCUT2D eigenvalue weighted by Gasteiger charge is 2.85. The van der Waals surface area contributed by atoms with Gasteiger partial charge in [-0.15, -0.1) is 0 Å². The zero-order valence-corrected chi connectivity index (χ0v) is 11.1. The highest BCUT2D eigenvalue weighted by molar-refractivity contribution is 5.11. The predicted octanol–water partition coefficient (Wildman–Crippen LogP) is 5.83. The van der Waals surface area contributed by atoms with Gasteiger partial charge in [-0.3, -0.25) is 4.74 Å². The first-order valence-corrected chi connectivity index (χ1v) is 5.24. The van der Waals surface area contributed by atoms with Crippen molar-refractivity contribution in [3.05, 3.63) is 11.9 Å². The number of alkyl halides is 12. The van der Waals surface area contributed by atoms with Crippen molar-refractivity contribution >= 4 is 0 Å². The van der Waals surface area contributed by atoms with E-state index in [0.717, 1.165) is 0 Å². The number of ether oxygens (including phenoxy) is 1. The molecule has 0 atom stereocenters. The molecule has 0 radical (unpaired) electrons. The lowest BCUT2D eigenvalue weighted by molar-refractivity contribution is -0.458. The van der Waals surface area contributed by atoms with Gasteiger partial charge in [-0.25, -0.2) is 0 Å². The maximum absolute atomic E-state index is 13.1. The Labute approximate surface area is 127 Å². The van der Waals surface area contributed by atoms with Gasteiger partial charge in [0.2, 0.25) is 5.60 Å². The van der Waals surface area contributed by atoms with Gasteiger partial charge in [0.1, 0.15) is 0 Å². The lowest BCUT2D eigenvalue weighted by atomic mass is 9.88. The molecule has 0 aliphatic carbocycles. The van der Waals surface area contributed by atoms with Crippen LogP contribution in [-0.2, 0) is 4.74 Å². The molecular weight excluding hydrogens is 409 g/mol. The van der Waals surface area contributed by atoms with E-state index in [-0.39, 0.29) is 0 Å². The molecule has 0 saturated carbocycles. The van der Waals surface area contributed by atoms with E-state index in [0.29, 0.717) is 0 Å². The topological polar surface area (TPSA) is 9.23 Å². The van der Waals surface area contributed by atoms with Crippen LogP contribution in [0.25, 0.3) is 0 Å². The van der Waals surface area contributed by atoms with Gasteiger partial charge >= 0.3 is 36.4 Å². The Morgan fingerprint density at radius 2 is 0.880 bits per heavy atom. The Hall–Kier alpha value is -1.35. The standard InChI is InChI=1S/C9H3F15O/c1-4(6(15,16)8(19,20)21,7(17,18)9(22,23)24)25-5(13,14)2(10)3(11)12/h1H3. The van der Waals surface area contributed by atoms with Crippen LogP contribution in [0.5, 0.6) is 0 Å². The second-order valence-corrected chi connectivity index (χ2v) is 4.37. The third-order valence-electron chi connectivity index (χ3n) is 2.66. The molecule has 0 bridgehead atoms. The molecular formula is C9H3F15O. The van der Waals surface area contributed by atoms with E-state index in [1.807, 2.05) is 4.74 Å². The van der Waals surface area contributed by atoms with Crippen molar-refractivity contribution in [3.63, 3.8) is 0 Å². The van der Waals surface area contributed by atoms with E-state index in [9.17, 15) is 65.9 Å². The summed E-state index contributed by atoms with van der Waals surface area (Å²) in [5.74, 6) is -19.0. The van der Waals surface area contributed by atoms with E-state index in [4.69, 9.17) is 0 Å². The second kappa shape index (κ2) is 6.12. The maximum atomic E-state index is 13.1. The zero-order chi connectivity index (χ0) is 20.9. The molecule has 0 heterocycles. The van der Waals surface area contributed by atoms with E-state index in [1.165, 1.54) is 0 Å². The van der Waals surface area contributed by atoms with Crippen molar-refractivity contribution in [1.82, 2.24) is 0 Å². The first-order chi connectivity index (χ1) is 10.6. The molecule has 0 aromatic rings. The second-order valence-electron chi connectivity index (χ2n) is 4.37. The minimum atomic E-state index is -7.39. The SMILES string of the molecule is CC(OC(F)(F)C(F)=C(F)F)(C(F)(F)C(F)(F)F)C(F)(F)C(F)(F)F. The van der Waals surface area contributed by atoms with Gasteiger partial charge in [0, 0.05) is 0 Å². The fraction of sp³-hybridized carbons (Fsp3) is 0.778. The number of rotatable bonds is 5. The van der Waals surface area contributed by atoms with Gasteiger partial charge in [0.05, 0.1) is 0 Å². The lowest BCUT2D eigenvalue weighted by Crippen LogP contribution is -2.71. The summed E-state index contributed by atoms with van der Waals surface area (Å²) in [6, 6.07) is 0. The van der Waals surface area contributed by atoms with Gasteiger partial charge in [-0.05, 0) is 6.92 Å². The van der Waals surface area contributed by atoms with Gasteiger partial charge < -0.3 is 0 Å². The third-order valence-corrected chi connectivity index (χ3v) is 2.66. The van der Waals surface area contributed by atoms with E-state index >= 15 is 0 Å². The molecule has 0 N–H and O–H groups in total. The van der Waals surface area contributed by atoms with Crippen molar-refractivity contribution < 1.29 is 70.6 Å². The maximum Gasteiger partial charge on any atom is 0.456 e. The molecule has 0 rings (SSSR count). The molecule has 0 amide bonds. The molecule has 0 aliphatic rings. The molecule has 25 heavy (non-hydrogen) atoms. The quantitative estimate of drug-likeness (QED) is 0.517. The van der Waals surface area contributed by atoms with Crippen LogP contribution in [0.2, 0.25) is 0 Å². The van der Waals surface area contributed by atoms with Crippen molar-refractivity contribution in [1.29, 1.82) is 0 Å². The molecule has 0 spiro atoms. The van der Waals surface area contributed by atoms with E-state index in [2.05, 4.69) is 0 Å². The summed E-state index contributed by atoms with van der Waals surface area (Å²) in [7, 11) is 0. The first kappa shape index (κ1) is 23.6. The Kier molecular flexibility index (Phi) is 5.79. The Bertz CT molecular complexity index is 494. The fourth-order valence-electron chi connectivity index (χ4n) is 1.28. The van der Waals surface area contributed by atoms with Gasteiger partial charge in [-0.1, -0.05) is 0 Å². The predicted molar refractivity (Wildman–Crippen MR) is 46.8 cm³/mol. The van der Waals surface area contributed by atoms with Crippen molar-refractivity contribution in [2.24, 2.45) is 0 Å². The smallest absolute Gasteiger partial charge is 0.295 e. The summed E-state index contributed by atoms with van der Waals surface area (Å²) < 4.78 is 189. The average Bonchev–Trinajstić information content (AvgIpc) is 2.33. The molecule has 0 fully saturated rings. The highest BCUT2D eigenvalue weighted by atomic mass is 19.4. The minimum Gasteiger partial charge on any atom is -0.295 e. The van der Waals surface area contributed by atoms with Gasteiger partial charge in [-0.2, -0.15) is 65.9 Å². The average molecular weight is 412 g/mol. The van der Waals surface area contributed by atoms with Crippen LogP contribution in [0, 0.1) is 0 Å². The summed E-state index contributed by atoms with van der Waals surface area (Å²) in [5.41, 5.74) is -6.56. The van der Waals surface area contributed by atoms with E-state index in [1.54, 1.807) is 0 Å². The van der Waals surface area contributed by atoms with Crippen molar-refractivity contribution in [2.75, 3.05) is 0 Å². The largest absolute Gasteiger partial charge is 0.456 e. The summed E-state index contributed by atoms with van der Waals surface area (Å²) in [6.45, 7) is -1.48. The fourth-order valence-corrected chi connectivity index (χ4v) is 1.28. The molecule has 150 valence electrons. The molecule has 16 heteroatoms. The third kappa shape index (κ3) is 3.76. The molecule has 0 saturated heterocycles. The molecule has 0 aliphatic heterocycles. The van der Waals surface area contributed by atoms with Gasteiger partial charge in [0.15, 0.2) is 0 Å². The van der Waals surface area contributed by atoms with Crippen LogP contribution in [0.15, 0.2) is 11.9 Å². The number of hydrogen-bond donors (Lipinski definition) is 0. The summed E-state index contributed by atoms with van der Waals surface area (Å²) in [5, 5.41) is 0. The summed E-state index contributed by atoms with van der Waals surface area (Å²) in [6.07, 6.45) is -25.5. The van der Waals surface area contributed by atoms with Crippen LogP contribution in [-0.4, -0.2) is 35.9 Å².